The van der Waals surface area contributed by atoms with Crippen LogP contribution >= 0.6 is 0 Å². The predicted octanol–water partition coefficient (Wildman–Crippen LogP) is 4.15. The van der Waals surface area contributed by atoms with Gasteiger partial charge in [0.2, 0.25) is 5.82 Å². The molecule has 0 spiro atoms. The van der Waals surface area contributed by atoms with E-state index in [1.807, 2.05) is 38.1 Å². The van der Waals surface area contributed by atoms with Gasteiger partial charge in [0.15, 0.2) is 0 Å². The molecule has 0 aliphatic carbocycles. The first-order valence-corrected chi connectivity index (χ1v) is 11.4. The Morgan fingerprint density at radius 2 is 1.83 bits per heavy atom. The van der Waals surface area contributed by atoms with Crippen molar-refractivity contribution in [2.24, 2.45) is 0 Å². The van der Waals surface area contributed by atoms with Crippen LogP contribution < -0.4 is 0 Å². The maximum Gasteiger partial charge on any atom is 0.294 e. The molecule has 0 unspecified atom stereocenters. The van der Waals surface area contributed by atoms with Crippen molar-refractivity contribution < 1.29 is 18.4 Å². The average Bonchev–Trinajstić information content (AvgIpc) is 3.43. The van der Waals surface area contributed by atoms with E-state index in [1.165, 1.54) is 17.1 Å². The van der Waals surface area contributed by atoms with Crippen LogP contribution in [0.4, 0.5) is 4.39 Å². The third-order valence-corrected chi connectivity index (χ3v) is 6.51. The van der Waals surface area contributed by atoms with Gasteiger partial charge in [-0.2, -0.15) is 0 Å². The monoisotopic (exact) mass is 475 g/mol. The Labute approximate surface area is 202 Å². The van der Waals surface area contributed by atoms with E-state index in [9.17, 15) is 14.0 Å². The van der Waals surface area contributed by atoms with Gasteiger partial charge in [-0.05, 0) is 57.5 Å². The van der Waals surface area contributed by atoms with Gasteiger partial charge < -0.3 is 14.2 Å². The lowest BCUT2D eigenvalue weighted by Gasteiger charge is -2.46. The minimum atomic E-state index is -0.642. The fraction of sp³-hybridized carbons (Fsp3) is 0.308. The topological polar surface area (TPSA) is 84.5 Å². The molecule has 2 aromatic heterocycles. The van der Waals surface area contributed by atoms with Crippen molar-refractivity contribution in [3.05, 3.63) is 77.3 Å². The smallest absolute Gasteiger partial charge is 0.294 e. The Morgan fingerprint density at radius 1 is 1.06 bits per heavy atom. The van der Waals surface area contributed by atoms with Crippen LogP contribution in [0.15, 0.2) is 53.2 Å². The van der Waals surface area contributed by atoms with Gasteiger partial charge in [-0.3, -0.25) is 9.59 Å². The summed E-state index contributed by atoms with van der Waals surface area (Å²) in [5, 5.41) is 5.12. The van der Waals surface area contributed by atoms with Crippen LogP contribution in [0.3, 0.4) is 0 Å². The molecule has 3 heterocycles. The van der Waals surface area contributed by atoms with Gasteiger partial charge in [-0.1, -0.05) is 18.2 Å². The number of aryl methyl sites for hydroxylation is 2. The number of hydrogen-bond acceptors (Lipinski definition) is 5. The van der Waals surface area contributed by atoms with E-state index in [2.05, 4.69) is 10.1 Å². The first-order valence-electron chi connectivity index (χ1n) is 11.4. The first kappa shape index (κ1) is 22.8. The molecule has 1 fully saturated rings. The van der Waals surface area contributed by atoms with Gasteiger partial charge >= 0.3 is 0 Å². The number of aromatic nitrogens is 3. The molecule has 4 aromatic rings. The fourth-order valence-electron chi connectivity index (χ4n) is 4.67. The van der Waals surface area contributed by atoms with E-state index in [1.54, 1.807) is 35.8 Å². The molecule has 0 bridgehead atoms. The molecule has 0 saturated carbocycles. The second-order valence-corrected chi connectivity index (χ2v) is 9.47. The number of carbonyl (C=O) groups is 2. The number of halogens is 1. The van der Waals surface area contributed by atoms with Crippen LogP contribution in [0.1, 0.15) is 46.1 Å². The molecule has 0 atom stereocenters. The zero-order chi connectivity index (χ0) is 24.9. The summed E-state index contributed by atoms with van der Waals surface area (Å²) in [4.78, 5) is 34.4. The lowest BCUT2D eigenvalue weighted by Crippen LogP contribution is -2.62. The molecular formula is C26H26FN5O3. The summed E-state index contributed by atoms with van der Waals surface area (Å²) in [6.45, 7) is 8.38. The lowest BCUT2D eigenvalue weighted by atomic mass is 9.97. The Morgan fingerprint density at radius 3 is 2.57 bits per heavy atom. The van der Waals surface area contributed by atoms with Crippen LogP contribution in [-0.2, 0) is 0 Å². The van der Waals surface area contributed by atoms with Crippen molar-refractivity contribution >= 4 is 22.8 Å². The summed E-state index contributed by atoms with van der Waals surface area (Å²) in [5.74, 6) is -0.0981. The normalized spacial score (nSPS) is 15.6. The molecule has 2 amide bonds. The second-order valence-electron chi connectivity index (χ2n) is 9.47. The summed E-state index contributed by atoms with van der Waals surface area (Å²) in [7, 11) is 0. The predicted molar refractivity (Wildman–Crippen MR) is 128 cm³/mol. The van der Waals surface area contributed by atoms with E-state index in [0.717, 1.165) is 5.39 Å². The number of rotatable bonds is 3. The van der Waals surface area contributed by atoms with Gasteiger partial charge in [0.05, 0.1) is 16.8 Å². The molecule has 2 aromatic carbocycles. The molecule has 180 valence electrons. The minimum Gasteiger partial charge on any atom is -0.461 e. The molecule has 1 aliphatic rings. The van der Waals surface area contributed by atoms with Crippen LogP contribution in [-0.4, -0.2) is 61.6 Å². The first-order chi connectivity index (χ1) is 16.7. The fourth-order valence-corrected chi connectivity index (χ4v) is 4.67. The third-order valence-electron chi connectivity index (χ3n) is 6.51. The summed E-state index contributed by atoms with van der Waals surface area (Å²) in [6.07, 6.45) is 1.44. The Balaban J connectivity index is 1.35. The van der Waals surface area contributed by atoms with E-state index in [-0.39, 0.29) is 23.5 Å². The van der Waals surface area contributed by atoms with Crippen molar-refractivity contribution in [3.8, 4) is 5.69 Å². The van der Waals surface area contributed by atoms with Gasteiger partial charge in [-0.15, -0.1) is 5.10 Å². The van der Waals surface area contributed by atoms with Gasteiger partial charge in [-0.25, -0.2) is 14.1 Å². The van der Waals surface area contributed by atoms with E-state index in [4.69, 9.17) is 4.42 Å². The number of hydrogen-bond donors (Lipinski definition) is 0. The average molecular weight is 476 g/mol. The summed E-state index contributed by atoms with van der Waals surface area (Å²) >= 11 is 0. The molecule has 1 saturated heterocycles. The van der Waals surface area contributed by atoms with E-state index in [0.29, 0.717) is 47.8 Å². The number of fused-ring (bicyclic) bond motifs is 1. The van der Waals surface area contributed by atoms with Gasteiger partial charge in [0.1, 0.15) is 23.5 Å². The molecule has 8 nitrogen and oxygen atoms in total. The van der Waals surface area contributed by atoms with Gasteiger partial charge in [0, 0.05) is 25.0 Å². The number of amides is 2. The van der Waals surface area contributed by atoms with Crippen molar-refractivity contribution in [1.82, 2.24) is 24.6 Å². The highest BCUT2D eigenvalue weighted by atomic mass is 19.1. The zero-order valence-electron chi connectivity index (χ0n) is 20.1. The van der Waals surface area contributed by atoms with Crippen LogP contribution in [0.2, 0.25) is 0 Å². The quantitative estimate of drug-likeness (QED) is 0.445. The second kappa shape index (κ2) is 8.33. The van der Waals surface area contributed by atoms with Gasteiger partial charge in [0.25, 0.3) is 11.8 Å². The van der Waals surface area contributed by atoms with E-state index >= 15 is 0 Å². The maximum absolute atomic E-state index is 13.6. The van der Waals surface area contributed by atoms with Crippen molar-refractivity contribution in [2.75, 3.05) is 19.6 Å². The third kappa shape index (κ3) is 3.96. The maximum atomic E-state index is 13.6. The van der Waals surface area contributed by atoms with E-state index < -0.39 is 5.54 Å². The highest BCUT2D eigenvalue weighted by Gasteiger charge is 2.40. The minimum absolute atomic E-state index is 0.0523. The summed E-state index contributed by atoms with van der Waals surface area (Å²) in [5.41, 5.74) is 1.70. The number of nitrogens with zero attached hydrogens (tertiary/aromatic N) is 5. The SMILES string of the molecule is Cc1cc(-n2cnc(C(=O)N3CCN(C(=O)c4c(C)oc5ccccc45)CC3(C)C)n2)ccc1F. The summed E-state index contributed by atoms with van der Waals surface area (Å²) < 4.78 is 20.9. The molecule has 1 aliphatic heterocycles. The number of furan rings is 1. The summed E-state index contributed by atoms with van der Waals surface area (Å²) in [6, 6.07) is 12.1. The number of piperazine rings is 1. The highest BCUT2D eigenvalue weighted by Crippen LogP contribution is 2.29. The Bertz CT molecular complexity index is 1450. The zero-order valence-corrected chi connectivity index (χ0v) is 20.1. The molecular weight excluding hydrogens is 449 g/mol. The van der Waals surface area contributed by atoms with Crippen molar-refractivity contribution in [1.29, 1.82) is 0 Å². The van der Waals surface area contributed by atoms with Crippen molar-refractivity contribution in [3.63, 3.8) is 0 Å². The lowest BCUT2D eigenvalue weighted by molar-refractivity contribution is 0.0160. The molecule has 0 radical (unpaired) electrons. The Hall–Kier alpha value is -4.01. The number of para-hydroxylation sites is 1. The molecule has 5 rings (SSSR count). The highest BCUT2D eigenvalue weighted by molar-refractivity contribution is 6.07. The largest absolute Gasteiger partial charge is 0.461 e. The standard InChI is InChI=1S/C26H26FN5O3/c1-16-13-18(9-10-20(16)27)32-15-28-23(29-32)25(34)31-12-11-30(14-26(31,3)4)24(33)22-17(2)35-21-8-6-5-7-19(21)22/h5-10,13,15H,11-12,14H2,1-4H3. The Kier molecular flexibility index (Phi) is 5.42. The van der Waals surface area contributed by atoms with Crippen molar-refractivity contribution in [2.45, 2.75) is 33.2 Å². The number of benzene rings is 2. The molecule has 0 N–H and O–H groups in total. The van der Waals surface area contributed by atoms with Crippen LogP contribution in [0, 0.1) is 19.7 Å². The molecule has 9 heteroatoms. The molecule has 35 heavy (non-hydrogen) atoms. The van der Waals surface area contributed by atoms with Crippen LogP contribution in [0.25, 0.3) is 16.7 Å². The van der Waals surface area contributed by atoms with Crippen LogP contribution in [0.5, 0.6) is 0 Å². The number of carbonyl (C=O) groups excluding carboxylic acids is 2.